The van der Waals surface area contributed by atoms with Gasteiger partial charge in [0.15, 0.2) is 5.11 Å². The molecule has 2 aromatic carbocycles. The highest BCUT2D eigenvalue weighted by Crippen LogP contribution is 2.35. The number of allylic oxidation sites excluding steroid dienone is 2. The minimum Gasteiger partial charge on any atom is -0.371 e. The van der Waals surface area contributed by atoms with Crippen LogP contribution in [0.15, 0.2) is 82.6 Å². The Morgan fingerprint density at radius 3 is 2.33 bits per heavy atom. The Morgan fingerprint density at radius 2 is 1.60 bits per heavy atom. The molecule has 0 spiro atoms. The van der Waals surface area contributed by atoms with Crippen LogP contribution in [-0.2, 0) is 0 Å². The molecule has 4 nitrogen and oxygen atoms in total. The Bertz CT molecular complexity index is 942. The van der Waals surface area contributed by atoms with Crippen molar-refractivity contribution in [1.29, 1.82) is 0 Å². The molecule has 5 heteroatoms. The van der Waals surface area contributed by atoms with Gasteiger partial charge in [-0.3, -0.25) is 5.43 Å². The molecular formula is C25H28N4S. The zero-order valence-corrected chi connectivity index (χ0v) is 18.0. The Hall–Kier alpha value is -2.92. The number of thiocarbonyl (C=S) groups is 1. The molecule has 0 radical (unpaired) electrons. The van der Waals surface area contributed by atoms with E-state index in [4.69, 9.17) is 12.2 Å². The van der Waals surface area contributed by atoms with E-state index >= 15 is 0 Å². The lowest BCUT2D eigenvalue weighted by atomic mass is 10.0. The van der Waals surface area contributed by atoms with Crippen molar-refractivity contribution >= 4 is 35.3 Å². The maximum absolute atomic E-state index is 5.37. The third-order valence-corrected chi connectivity index (χ3v) is 5.70. The van der Waals surface area contributed by atoms with Crippen LogP contribution in [0.4, 0.5) is 5.69 Å². The topological polar surface area (TPSA) is 39.7 Å². The van der Waals surface area contributed by atoms with E-state index in [1.165, 1.54) is 41.7 Å². The van der Waals surface area contributed by atoms with Crippen LogP contribution < -0.4 is 10.7 Å². The average Bonchev–Trinajstić information content (AvgIpc) is 3.18. The summed E-state index contributed by atoms with van der Waals surface area (Å²) < 4.78 is 0. The monoisotopic (exact) mass is 416 g/mol. The Labute approximate surface area is 184 Å². The van der Waals surface area contributed by atoms with Crippen molar-refractivity contribution in [3.63, 3.8) is 0 Å². The van der Waals surface area contributed by atoms with Gasteiger partial charge in [-0.15, -0.1) is 0 Å². The largest absolute Gasteiger partial charge is 0.371 e. The lowest BCUT2D eigenvalue weighted by Gasteiger charge is -2.31. The van der Waals surface area contributed by atoms with Crippen LogP contribution in [0.25, 0.3) is 6.08 Å². The molecule has 0 bridgehead atoms. The van der Waals surface area contributed by atoms with E-state index in [2.05, 4.69) is 57.2 Å². The number of likely N-dealkylation sites (tertiary alicyclic amines) is 1. The summed E-state index contributed by atoms with van der Waals surface area (Å²) >= 11 is 5.37. The van der Waals surface area contributed by atoms with Crippen molar-refractivity contribution in [2.75, 3.05) is 18.4 Å². The van der Waals surface area contributed by atoms with Gasteiger partial charge in [-0.1, -0.05) is 48.5 Å². The van der Waals surface area contributed by atoms with E-state index in [-0.39, 0.29) is 0 Å². The molecule has 0 aromatic heterocycles. The fraction of sp³-hybridized carbons (Fsp3) is 0.280. The molecule has 0 saturated carbocycles. The smallest absolute Gasteiger partial charge is 0.191 e. The average molecular weight is 417 g/mol. The van der Waals surface area contributed by atoms with Crippen LogP contribution in [0.1, 0.15) is 37.7 Å². The van der Waals surface area contributed by atoms with Crippen molar-refractivity contribution in [2.24, 2.45) is 5.10 Å². The second kappa shape index (κ2) is 10.2. The first-order chi connectivity index (χ1) is 14.8. The number of piperidine rings is 1. The number of rotatable bonds is 5. The van der Waals surface area contributed by atoms with Crippen molar-refractivity contribution in [2.45, 2.75) is 32.1 Å². The first kappa shape index (κ1) is 20.4. The molecule has 0 atom stereocenters. The van der Waals surface area contributed by atoms with E-state index in [1.807, 2.05) is 36.5 Å². The van der Waals surface area contributed by atoms with Gasteiger partial charge in [-0.05, 0) is 79.2 Å². The molecule has 4 rings (SSSR count). The Kier molecular flexibility index (Phi) is 6.93. The van der Waals surface area contributed by atoms with Gasteiger partial charge >= 0.3 is 0 Å². The molecule has 0 amide bonds. The number of nitrogens with zero attached hydrogens (tertiary/aromatic N) is 2. The summed E-state index contributed by atoms with van der Waals surface area (Å²) in [7, 11) is 0. The zero-order valence-electron chi connectivity index (χ0n) is 17.2. The molecule has 30 heavy (non-hydrogen) atoms. The fourth-order valence-electron chi connectivity index (χ4n) is 4.10. The Morgan fingerprint density at radius 1 is 0.900 bits per heavy atom. The third kappa shape index (κ3) is 5.36. The van der Waals surface area contributed by atoms with Crippen LogP contribution in [0.2, 0.25) is 0 Å². The maximum atomic E-state index is 5.37. The molecule has 2 aliphatic rings. The molecule has 1 aliphatic carbocycles. The Balaban J connectivity index is 1.50. The second-order valence-corrected chi connectivity index (χ2v) is 8.10. The molecule has 2 N–H and O–H groups in total. The van der Waals surface area contributed by atoms with Crippen molar-refractivity contribution in [1.82, 2.24) is 10.3 Å². The van der Waals surface area contributed by atoms with E-state index in [0.717, 1.165) is 31.6 Å². The molecule has 2 aromatic rings. The van der Waals surface area contributed by atoms with Crippen LogP contribution in [0, 0.1) is 0 Å². The predicted octanol–water partition coefficient (Wildman–Crippen LogP) is 5.58. The highest BCUT2D eigenvalue weighted by molar-refractivity contribution is 7.80. The fourth-order valence-corrected chi connectivity index (χ4v) is 4.27. The standard InChI is InChI=1S/C25H28N4S/c30-25(27-23-12-6-2-7-13-23)28-26-19-22-15-14-21(18-20-10-4-1-5-11-20)24(22)29-16-8-3-9-17-29/h1-2,4-7,10-13,18-19H,3,8-9,14-17H2,(H2,27,28,30)/b21-18?,26-19-. The summed E-state index contributed by atoms with van der Waals surface area (Å²) in [6.07, 6.45) is 10.2. The highest BCUT2D eigenvalue weighted by Gasteiger charge is 2.25. The van der Waals surface area contributed by atoms with Gasteiger partial charge in [-0.25, -0.2) is 0 Å². The molecule has 1 fully saturated rings. The molecule has 0 unspecified atom stereocenters. The summed E-state index contributed by atoms with van der Waals surface area (Å²) in [6, 6.07) is 20.5. The summed E-state index contributed by atoms with van der Waals surface area (Å²) in [5, 5.41) is 8.09. The van der Waals surface area contributed by atoms with Gasteiger partial charge in [0.1, 0.15) is 0 Å². The minimum absolute atomic E-state index is 0.496. The third-order valence-electron chi connectivity index (χ3n) is 5.50. The summed E-state index contributed by atoms with van der Waals surface area (Å²) in [5.74, 6) is 0. The van der Waals surface area contributed by atoms with Gasteiger partial charge < -0.3 is 10.2 Å². The molecule has 1 saturated heterocycles. The zero-order chi connectivity index (χ0) is 20.6. The quantitative estimate of drug-likeness (QED) is 0.379. The summed E-state index contributed by atoms with van der Waals surface area (Å²) in [5.41, 5.74) is 9.24. The van der Waals surface area contributed by atoms with Crippen LogP contribution in [0.5, 0.6) is 0 Å². The first-order valence-electron chi connectivity index (χ1n) is 10.7. The number of nitrogens with one attached hydrogen (secondary N) is 2. The van der Waals surface area contributed by atoms with Crippen LogP contribution in [-0.4, -0.2) is 29.3 Å². The van der Waals surface area contributed by atoms with Crippen molar-refractivity contribution in [3.05, 3.63) is 83.1 Å². The molecule has 154 valence electrons. The van der Waals surface area contributed by atoms with Gasteiger partial charge in [0.05, 0.1) is 6.21 Å². The minimum atomic E-state index is 0.496. The number of benzene rings is 2. The predicted molar refractivity (Wildman–Crippen MR) is 130 cm³/mol. The molecule has 1 aliphatic heterocycles. The number of hydrogen-bond donors (Lipinski definition) is 2. The lowest BCUT2D eigenvalue weighted by Crippen LogP contribution is -2.30. The normalized spacial score (nSPS) is 18.3. The van der Waals surface area contributed by atoms with Crippen LogP contribution >= 0.6 is 12.2 Å². The summed E-state index contributed by atoms with van der Waals surface area (Å²) in [4.78, 5) is 2.55. The van der Waals surface area contributed by atoms with E-state index in [9.17, 15) is 0 Å². The molecular weight excluding hydrogens is 388 g/mol. The van der Waals surface area contributed by atoms with Gasteiger partial charge in [0.2, 0.25) is 0 Å². The lowest BCUT2D eigenvalue weighted by molar-refractivity contribution is 0.290. The summed E-state index contributed by atoms with van der Waals surface area (Å²) in [6.45, 7) is 2.25. The van der Waals surface area contributed by atoms with Crippen molar-refractivity contribution in [3.8, 4) is 0 Å². The highest BCUT2D eigenvalue weighted by atomic mass is 32.1. The van der Waals surface area contributed by atoms with Gasteiger partial charge in [0, 0.05) is 24.5 Å². The van der Waals surface area contributed by atoms with Crippen molar-refractivity contribution < 1.29 is 0 Å². The SMILES string of the molecule is S=C(N/N=C\C1=C(N2CCCCC2)C(=Cc2ccccc2)CC1)Nc1ccccc1. The van der Waals surface area contributed by atoms with Crippen LogP contribution in [0.3, 0.4) is 0 Å². The number of hydrazone groups is 1. The second-order valence-electron chi connectivity index (χ2n) is 7.69. The number of para-hydroxylation sites is 1. The molecule has 1 heterocycles. The first-order valence-corrected chi connectivity index (χ1v) is 11.1. The van der Waals surface area contributed by atoms with E-state index in [0.29, 0.717) is 5.11 Å². The van der Waals surface area contributed by atoms with E-state index in [1.54, 1.807) is 0 Å². The number of hydrogen-bond acceptors (Lipinski definition) is 3. The van der Waals surface area contributed by atoms with Gasteiger partial charge in [0.25, 0.3) is 0 Å². The maximum Gasteiger partial charge on any atom is 0.191 e. The van der Waals surface area contributed by atoms with Gasteiger partial charge in [-0.2, -0.15) is 5.10 Å². The van der Waals surface area contributed by atoms with E-state index < -0.39 is 0 Å². The number of anilines is 1.